The molecule has 0 aliphatic heterocycles. The summed E-state index contributed by atoms with van der Waals surface area (Å²) in [6.07, 6.45) is 1.13. The third-order valence-corrected chi connectivity index (χ3v) is 3.34. The second kappa shape index (κ2) is 5.62. The van der Waals surface area contributed by atoms with Crippen molar-refractivity contribution in [2.45, 2.75) is 33.1 Å². The van der Waals surface area contributed by atoms with Gasteiger partial charge in [-0.25, -0.2) is 9.97 Å². The summed E-state index contributed by atoms with van der Waals surface area (Å²) < 4.78 is 0. The van der Waals surface area contributed by atoms with Gasteiger partial charge in [0.05, 0.1) is 5.69 Å². The van der Waals surface area contributed by atoms with Crippen molar-refractivity contribution >= 4 is 0 Å². The van der Waals surface area contributed by atoms with E-state index in [1.807, 2.05) is 19.1 Å². The number of hydrogen-bond acceptors (Lipinski definition) is 3. The van der Waals surface area contributed by atoms with Crippen LogP contribution in [0.3, 0.4) is 0 Å². The molecule has 2 aromatic rings. The first kappa shape index (κ1) is 13.2. The summed E-state index contributed by atoms with van der Waals surface area (Å²) in [5, 5.41) is 8.91. The van der Waals surface area contributed by atoms with Crippen molar-refractivity contribution < 1.29 is 0 Å². The lowest BCUT2D eigenvalue weighted by atomic mass is 9.97. The van der Waals surface area contributed by atoms with Crippen molar-refractivity contribution in [3.8, 4) is 17.3 Å². The molecule has 0 aliphatic rings. The minimum absolute atomic E-state index is 0.223. The molecule has 0 bridgehead atoms. The van der Waals surface area contributed by atoms with Gasteiger partial charge in [0.2, 0.25) is 5.82 Å². The molecule has 0 saturated heterocycles. The molecule has 1 aromatic heterocycles. The van der Waals surface area contributed by atoms with Crippen molar-refractivity contribution in [1.29, 1.82) is 5.26 Å². The molecular formula is C16H17N3. The molecule has 2 rings (SSSR count). The van der Waals surface area contributed by atoms with Gasteiger partial charge in [-0.3, -0.25) is 0 Å². The van der Waals surface area contributed by atoms with Crippen LogP contribution in [0.15, 0.2) is 30.3 Å². The minimum atomic E-state index is 0.223. The van der Waals surface area contributed by atoms with Gasteiger partial charge in [-0.2, -0.15) is 5.26 Å². The molecule has 1 aromatic carbocycles. The van der Waals surface area contributed by atoms with Gasteiger partial charge in [-0.15, -0.1) is 0 Å². The van der Waals surface area contributed by atoms with Crippen LogP contribution in [0.5, 0.6) is 0 Å². The van der Waals surface area contributed by atoms with Crippen LogP contribution >= 0.6 is 0 Å². The Morgan fingerprint density at radius 1 is 1.21 bits per heavy atom. The standard InChI is InChI=1S/C16H17N3/c1-4-11(2)13-5-7-14(8-6-13)15-9-12(3)18-16(10-17)19-15/h5-9,11H,4H2,1-3H3. The van der Waals surface area contributed by atoms with Crippen LogP contribution in [0.2, 0.25) is 0 Å². The Morgan fingerprint density at radius 2 is 1.89 bits per heavy atom. The summed E-state index contributed by atoms with van der Waals surface area (Å²) in [5.41, 5.74) is 3.97. The molecule has 3 heteroatoms. The molecule has 0 N–H and O–H groups in total. The maximum Gasteiger partial charge on any atom is 0.232 e. The first-order valence-corrected chi connectivity index (χ1v) is 6.50. The SMILES string of the molecule is CCC(C)c1ccc(-c2cc(C)nc(C#N)n2)cc1. The average molecular weight is 251 g/mol. The zero-order valence-electron chi connectivity index (χ0n) is 11.5. The molecule has 1 atom stereocenters. The zero-order valence-corrected chi connectivity index (χ0v) is 11.5. The molecule has 1 heterocycles. The molecular weight excluding hydrogens is 234 g/mol. The van der Waals surface area contributed by atoms with Gasteiger partial charge in [-0.1, -0.05) is 38.1 Å². The third kappa shape index (κ3) is 2.97. The molecule has 0 saturated carbocycles. The molecule has 0 radical (unpaired) electrons. The van der Waals surface area contributed by atoms with Gasteiger partial charge in [0.25, 0.3) is 0 Å². The van der Waals surface area contributed by atoms with Gasteiger partial charge in [0.15, 0.2) is 0 Å². The highest BCUT2D eigenvalue weighted by Crippen LogP contribution is 2.23. The maximum atomic E-state index is 8.91. The Hall–Kier alpha value is -2.21. The minimum Gasteiger partial charge on any atom is -0.224 e. The lowest BCUT2D eigenvalue weighted by molar-refractivity contribution is 0.734. The predicted octanol–water partition coefficient (Wildman–Crippen LogP) is 3.84. The van der Waals surface area contributed by atoms with Crippen molar-refractivity contribution in [2.75, 3.05) is 0 Å². The number of aryl methyl sites for hydroxylation is 1. The number of rotatable bonds is 3. The highest BCUT2D eigenvalue weighted by atomic mass is 14.9. The maximum absolute atomic E-state index is 8.91. The average Bonchev–Trinajstić information content (AvgIpc) is 2.46. The topological polar surface area (TPSA) is 49.6 Å². The van der Waals surface area contributed by atoms with E-state index in [1.54, 1.807) is 0 Å². The number of benzene rings is 1. The van der Waals surface area contributed by atoms with Crippen LogP contribution in [0.25, 0.3) is 11.3 Å². The Kier molecular flexibility index (Phi) is 3.91. The quantitative estimate of drug-likeness (QED) is 0.832. The van der Waals surface area contributed by atoms with E-state index >= 15 is 0 Å². The summed E-state index contributed by atoms with van der Waals surface area (Å²) >= 11 is 0. The Balaban J connectivity index is 2.37. The fourth-order valence-electron chi connectivity index (χ4n) is 1.98. The van der Waals surface area contributed by atoms with E-state index in [9.17, 15) is 0 Å². The fraction of sp³-hybridized carbons (Fsp3) is 0.312. The van der Waals surface area contributed by atoms with E-state index in [1.165, 1.54) is 5.56 Å². The van der Waals surface area contributed by atoms with Crippen LogP contribution in [0.1, 0.15) is 43.3 Å². The van der Waals surface area contributed by atoms with Crippen LogP contribution in [-0.4, -0.2) is 9.97 Å². The van der Waals surface area contributed by atoms with Crippen LogP contribution in [0.4, 0.5) is 0 Å². The largest absolute Gasteiger partial charge is 0.232 e. The monoisotopic (exact) mass is 251 g/mol. The number of hydrogen-bond donors (Lipinski definition) is 0. The van der Waals surface area contributed by atoms with Crippen LogP contribution in [-0.2, 0) is 0 Å². The van der Waals surface area contributed by atoms with Crippen LogP contribution < -0.4 is 0 Å². The van der Waals surface area contributed by atoms with E-state index in [0.29, 0.717) is 5.92 Å². The van der Waals surface area contributed by atoms with Gasteiger partial charge < -0.3 is 0 Å². The summed E-state index contributed by atoms with van der Waals surface area (Å²) in [7, 11) is 0. The van der Waals surface area contributed by atoms with E-state index in [-0.39, 0.29) is 5.82 Å². The summed E-state index contributed by atoms with van der Waals surface area (Å²) in [5.74, 6) is 0.789. The Morgan fingerprint density at radius 3 is 2.47 bits per heavy atom. The normalized spacial score (nSPS) is 11.9. The first-order valence-electron chi connectivity index (χ1n) is 6.50. The van der Waals surface area contributed by atoms with E-state index < -0.39 is 0 Å². The molecule has 0 fully saturated rings. The summed E-state index contributed by atoms with van der Waals surface area (Å²) in [6.45, 7) is 6.28. The number of nitriles is 1. The molecule has 96 valence electrons. The molecule has 0 aliphatic carbocycles. The summed E-state index contributed by atoms with van der Waals surface area (Å²) in [4.78, 5) is 8.31. The van der Waals surface area contributed by atoms with E-state index in [4.69, 9.17) is 5.26 Å². The van der Waals surface area contributed by atoms with Crippen molar-refractivity contribution in [2.24, 2.45) is 0 Å². The van der Waals surface area contributed by atoms with E-state index in [2.05, 4.69) is 48.1 Å². The van der Waals surface area contributed by atoms with E-state index in [0.717, 1.165) is 23.4 Å². The van der Waals surface area contributed by atoms with Gasteiger partial charge >= 0.3 is 0 Å². The van der Waals surface area contributed by atoms with Gasteiger partial charge in [0, 0.05) is 11.3 Å². The molecule has 19 heavy (non-hydrogen) atoms. The van der Waals surface area contributed by atoms with Gasteiger partial charge in [0.1, 0.15) is 6.07 Å². The summed E-state index contributed by atoms with van der Waals surface area (Å²) in [6, 6.07) is 12.3. The lowest BCUT2D eigenvalue weighted by Gasteiger charge is -2.09. The first-order chi connectivity index (χ1) is 9.13. The molecule has 1 unspecified atom stereocenters. The highest BCUT2D eigenvalue weighted by molar-refractivity contribution is 5.60. The molecule has 3 nitrogen and oxygen atoms in total. The predicted molar refractivity (Wildman–Crippen MR) is 75.6 cm³/mol. The van der Waals surface area contributed by atoms with Crippen molar-refractivity contribution in [1.82, 2.24) is 9.97 Å². The molecule has 0 spiro atoms. The fourth-order valence-corrected chi connectivity index (χ4v) is 1.98. The highest BCUT2D eigenvalue weighted by Gasteiger charge is 2.06. The molecule has 0 amide bonds. The second-order valence-corrected chi connectivity index (χ2v) is 4.76. The number of aromatic nitrogens is 2. The zero-order chi connectivity index (χ0) is 13.8. The lowest BCUT2D eigenvalue weighted by Crippen LogP contribution is -1.95. The Labute approximate surface area is 114 Å². The number of nitrogens with zero attached hydrogens (tertiary/aromatic N) is 3. The Bertz CT molecular complexity index is 609. The van der Waals surface area contributed by atoms with Crippen LogP contribution in [0, 0.1) is 18.3 Å². The van der Waals surface area contributed by atoms with Crippen molar-refractivity contribution in [3.63, 3.8) is 0 Å². The van der Waals surface area contributed by atoms with Gasteiger partial charge in [-0.05, 0) is 30.9 Å². The smallest absolute Gasteiger partial charge is 0.224 e. The third-order valence-electron chi connectivity index (χ3n) is 3.34. The second-order valence-electron chi connectivity index (χ2n) is 4.76. The van der Waals surface area contributed by atoms with Crippen molar-refractivity contribution in [3.05, 3.63) is 47.4 Å².